The van der Waals surface area contributed by atoms with Gasteiger partial charge in [-0.3, -0.25) is 0 Å². The second-order valence-electron chi connectivity index (χ2n) is 4.54. The second-order valence-corrected chi connectivity index (χ2v) is 4.54. The van der Waals surface area contributed by atoms with Crippen LogP contribution >= 0.6 is 0 Å². The van der Waals surface area contributed by atoms with E-state index in [1.165, 1.54) is 5.56 Å². The highest BCUT2D eigenvalue weighted by Crippen LogP contribution is 2.41. The van der Waals surface area contributed by atoms with Gasteiger partial charge in [0.2, 0.25) is 0 Å². The van der Waals surface area contributed by atoms with E-state index in [9.17, 15) is 4.79 Å². The third kappa shape index (κ3) is 1.21. The number of hydrogen-bond acceptors (Lipinski definition) is 3. The number of aryl methyl sites for hydroxylation is 1. The van der Waals surface area contributed by atoms with E-state index in [1.54, 1.807) is 0 Å². The van der Waals surface area contributed by atoms with Crippen molar-refractivity contribution in [1.29, 1.82) is 0 Å². The Balaban J connectivity index is 2.14. The summed E-state index contributed by atoms with van der Waals surface area (Å²) in [5.41, 5.74) is 2.73. The third-order valence-electron chi connectivity index (χ3n) is 3.61. The molecule has 0 aliphatic carbocycles. The zero-order valence-electron chi connectivity index (χ0n) is 9.38. The van der Waals surface area contributed by atoms with Crippen molar-refractivity contribution in [1.82, 2.24) is 5.32 Å². The first-order valence-electron chi connectivity index (χ1n) is 5.83. The predicted molar refractivity (Wildman–Crippen MR) is 60.4 cm³/mol. The summed E-state index contributed by atoms with van der Waals surface area (Å²) in [4.78, 5) is 11.8. The Morgan fingerprint density at radius 2 is 2.38 bits per heavy atom. The van der Waals surface area contributed by atoms with E-state index in [-0.39, 0.29) is 11.6 Å². The van der Waals surface area contributed by atoms with Crippen LogP contribution in [0.4, 0.5) is 0 Å². The number of esters is 1. The van der Waals surface area contributed by atoms with Crippen molar-refractivity contribution in [3.63, 3.8) is 0 Å². The molecule has 1 aromatic carbocycles. The van der Waals surface area contributed by atoms with Gasteiger partial charge in [0.05, 0.1) is 5.56 Å². The van der Waals surface area contributed by atoms with Crippen LogP contribution in [0, 0.1) is 0 Å². The minimum Gasteiger partial charge on any atom is -0.449 e. The van der Waals surface area contributed by atoms with Crippen LogP contribution in [0.25, 0.3) is 0 Å². The fraction of sp³-hybridized carbons (Fsp3) is 0.462. The molecule has 1 aromatic rings. The van der Waals surface area contributed by atoms with Crippen LogP contribution in [0.15, 0.2) is 18.2 Å². The molecule has 1 unspecified atom stereocenters. The average molecular weight is 217 g/mol. The Morgan fingerprint density at radius 1 is 1.50 bits per heavy atom. The van der Waals surface area contributed by atoms with E-state index in [0.717, 1.165) is 37.1 Å². The molecular formula is C13H15NO2. The maximum absolute atomic E-state index is 11.8. The zero-order valence-corrected chi connectivity index (χ0v) is 9.38. The number of benzene rings is 1. The number of ether oxygens (including phenoxy) is 1. The van der Waals surface area contributed by atoms with Crippen LogP contribution in [-0.4, -0.2) is 19.1 Å². The maximum atomic E-state index is 11.8. The topological polar surface area (TPSA) is 38.3 Å². The molecule has 84 valence electrons. The highest BCUT2D eigenvalue weighted by Gasteiger charge is 2.47. The van der Waals surface area contributed by atoms with Crippen LogP contribution in [-0.2, 0) is 16.8 Å². The Hall–Kier alpha value is -1.35. The minimum absolute atomic E-state index is 0.165. The summed E-state index contributed by atoms with van der Waals surface area (Å²) in [6, 6.07) is 6.05. The van der Waals surface area contributed by atoms with Crippen molar-refractivity contribution in [2.24, 2.45) is 0 Å². The van der Waals surface area contributed by atoms with Gasteiger partial charge in [-0.2, -0.15) is 0 Å². The largest absolute Gasteiger partial charge is 0.449 e. The van der Waals surface area contributed by atoms with Crippen molar-refractivity contribution in [2.45, 2.75) is 25.4 Å². The zero-order chi connectivity index (χ0) is 11.2. The van der Waals surface area contributed by atoms with Gasteiger partial charge >= 0.3 is 5.97 Å². The Morgan fingerprint density at radius 3 is 3.06 bits per heavy atom. The molecule has 1 spiro atoms. The summed E-state index contributed by atoms with van der Waals surface area (Å²) >= 11 is 0. The second kappa shape index (κ2) is 3.32. The van der Waals surface area contributed by atoms with Gasteiger partial charge in [0, 0.05) is 18.5 Å². The van der Waals surface area contributed by atoms with Gasteiger partial charge < -0.3 is 10.1 Å². The number of hydrogen-bond donors (Lipinski definition) is 1. The summed E-state index contributed by atoms with van der Waals surface area (Å²) in [6.45, 7) is 3.79. The first kappa shape index (κ1) is 9.85. The molecule has 2 aliphatic rings. The summed E-state index contributed by atoms with van der Waals surface area (Å²) in [5.74, 6) is -0.165. The molecule has 2 heterocycles. The molecule has 0 radical (unpaired) electrons. The molecule has 0 amide bonds. The normalized spacial score (nSPS) is 27.2. The monoisotopic (exact) mass is 217 g/mol. The van der Waals surface area contributed by atoms with Gasteiger partial charge in [0.1, 0.15) is 0 Å². The molecule has 1 fully saturated rings. The number of carbonyl (C=O) groups excluding carboxylic acids is 1. The molecule has 2 aliphatic heterocycles. The summed E-state index contributed by atoms with van der Waals surface area (Å²) in [6.07, 6.45) is 1.88. The Labute approximate surface area is 94.8 Å². The third-order valence-corrected chi connectivity index (χ3v) is 3.61. The lowest BCUT2D eigenvalue weighted by Crippen LogP contribution is -2.28. The molecule has 3 nitrogen and oxygen atoms in total. The molecule has 3 rings (SSSR count). The Kier molecular flexibility index (Phi) is 2.04. The molecule has 0 saturated carbocycles. The predicted octanol–water partition coefficient (Wildman–Crippen LogP) is 1.61. The van der Waals surface area contributed by atoms with Crippen LogP contribution in [0.2, 0.25) is 0 Å². The molecule has 3 heteroatoms. The quantitative estimate of drug-likeness (QED) is 0.726. The Bertz CT molecular complexity index is 447. The molecule has 1 N–H and O–H groups in total. The van der Waals surface area contributed by atoms with Gasteiger partial charge in [0.25, 0.3) is 0 Å². The van der Waals surface area contributed by atoms with E-state index in [2.05, 4.69) is 18.3 Å². The van der Waals surface area contributed by atoms with Gasteiger partial charge in [-0.1, -0.05) is 19.1 Å². The number of rotatable bonds is 1. The highest BCUT2D eigenvalue weighted by atomic mass is 16.6. The van der Waals surface area contributed by atoms with Gasteiger partial charge in [0.15, 0.2) is 5.60 Å². The standard InChI is InChI=1S/C13H15NO2/c1-2-9-3-4-10-11(7-9)13(16-12(10)15)5-6-14-8-13/h3-4,7,14H,2,5-6,8H2,1H3. The molecule has 0 aromatic heterocycles. The number of fused-ring (bicyclic) bond motifs is 2. The molecule has 1 saturated heterocycles. The van der Waals surface area contributed by atoms with Crippen LogP contribution in [0.1, 0.15) is 34.8 Å². The lowest BCUT2D eigenvalue weighted by atomic mass is 9.90. The van der Waals surface area contributed by atoms with E-state index in [0.29, 0.717) is 0 Å². The first-order valence-corrected chi connectivity index (χ1v) is 5.83. The van der Waals surface area contributed by atoms with Crippen molar-refractivity contribution in [3.8, 4) is 0 Å². The van der Waals surface area contributed by atoms with Crippen LogP contribution < -0.4 is 5.32 Å². The SMILES string of the molecule is CCc1ccc2c(c1)C1(CCNC1)OC2=O. The summed E-state index contributed by atoms with van der Waals surface area (Å²) in [5, 5.41) is 3.28. The lowest BCUT2D eigenvalue weighted by molar-refractivity contribution is 0.00163. The van der Waals surface area contributed by atoms with Crippen LogP contribution in [0.3, 0.4) is 0 Å². The minimum atomic E-state index is -0.377. The van der Waals surface area contributed by atoms with E-state index in [1.807, 2.05) is 12.1 Å². The molecule has 16 heavy (non-hydrogen) atoms. The smallest absolute Gasteiger partial charge is 0.339 e. The van der Waals surface area contributed by atoms with E-state index < -0.39 is 0 Å². The van der Waals surface area contributed by atoms with Gasteiger partial charge in [-0.15, -0.1) is 0 Å². The van der Waals surface area contributed by atoms with Crippen molar-refractivity contribution < 1.29 is 9.53 Å². The lowest BCUT2D eigenvalue weighted by Gasteiger charge is -2.22. The summed E-state index contributed by atoms with van der Waals surface area (Å²) < 4.78 is 5.58. The first-order chi connectivity index (χ1) is 7.75. The number of carbonyl (C=O) groups is 1. The number of nitrogens with one attached hydrogen (secondary N) is 1. The highest BCUT2D eigenvalue weighted by molar-refractivity contribution is 5.95. The maximum Gasteiger partial charge on any atom is 0.339 e. The summed E-state index contributed by atoms with van der Waals surface area (Å²) in [7, 11) is 0. The van der Waals surface area contributed by atoms with Crippen molar-refractivity contribution in [2.75, 3.05) is 13.1 Å². The fourth-order valence-electron chi connectivity index (χ4n) is 2.64. The van der Waals surface area contributed by atoms with E-state index >= 15 is 0 Å². The molecule has 0 bridgehead atoms. The molecular weight excluding hydrogens is 202 g/mol. The van der Waals surface area contributed by atoms with E-state index in [4.69, 9.17) is 4.74 Å². The average Bonchev–Trinajstić information content (AvgIpc) is 2.87. The molecule has 1 atom stereocenters. The van der Waals surface area contributed by atoms with Crippen LogP contribution in [0.5, 0.6) is 0 Å². The van der Waals surface area contributed by atoms with Crippen molar-refractivity contribution in [3.05, 3.63) is 34.9 Å². The van der Waals surface area contributed by atoms with Gasteiger partial charge in [-0.25, -0.2) is 4.79 Å². The van der Waals surface area contributed by atoms with Crippen molar-refractivity contribution >= 4 is 5.97 Å². The fourth-order valence-corrected chi connectivity index (χ4v) is 2.64. The van der Waals surface area contributed by atoms with Gasteiger partial charge in [-0.05, 0) is 24.6 Å².